The van der Waals surface area contributed by atoms with Crippen LogP contribution in [0.5, 0.6) is 11.5 Å². The summed E-state index contributed by atoms with van der Waals surface area (Å²) in [5.41, 5.74) is 5.75. The first-order valence-electron chi connectivity index (χ1n) is 13.1. The molecule has 0 bridgehead atoms. The Morgan fingerprint density at radius 2 is 1.45 bits per heavy atom. The summed E-state index contributed by atoms with van der Waals surface area (Å²) in [7, 11) is 0. The van der Waals surface area contributed by atoms with Gasteiger partial charge in [0.2, 0.25) is 0 Å². The van der Waals surface area contributed by atoms with Crippen molar-refractivity contribution in [1.29, 1.82) is 0 Å². The van der Waals surface area contributed by atoms with E-state index in [0.717, 1.165) is 0 Å². The number of hydrogen-bond donors (Lipinski definition) is 2. The van der Waals surface area contributed by atoms with Gasteiger partial charge in [0.1, 0.15) is 11.6 Å². The van der Waals surface area contributed by atoms with Gasteiger partial charge in [-0.05, 0) is 56.7 Å². The number of aliphatic carboxylic acids is 1. The molecule has 0 aliphatic rings. The zero-order chi connectivity index (χ0) is 29.2. The van der Waals surface area contributed by atoms with Gasteiger partial charge in [0.15, 0.2) is 11.5 Å². The molecule has 0 amide bonds. The van der Waals surface area contributed by atoms with Gasteiger partial charge >= 0.3 is 24.1 Å². The van der Waals surface area contributed by atoms with Crippen molar-refractivity contribution in [1.82, 2.24) is 0 Å². The average molecular weight is 538 g/mol. The van der Waals surface area contributed by atoms with Gasteiger partial charge in [0, 0.05) is 5.92 Å². The number of carboxylic acid groups (broad SMARTS) is 1. The molecule has 0 saturated heterocycles. The van der Waals surface area contributed by atoms with Crippen LogP contribution in [0.25, 0.3) is 0 Å². The number of benzene rings is 1. The lowest BCUT2D eigenvalue weighted by Crippen LogP contribution is -2.41. The highest BCUT2D eigenvalue weighted by Gasteiger charge is 2.33. The van der Waals surface area contributed by atoms with E-state index >= 15 is 0 Å². The monoisotopic (exact) mass is 537 g/mol. The Balaban J connectivity index is 3.37. The van der Waals surface area contributed by atoms with E-state index in [0.29, 0.717) is 24.8 Å². The van der Waals surface area contributed by atoms with Crippen molar-refractivity contribution in [3.05, 3.63) is 23.8 Å². The van der Waals surface area contributed by atoms with Gasteiger partial charge in [0.25, 0.3) is 0 Å². The number of nitrogens with two attached hydrogens (primary N) is 1. The minimum Gasteiger partial charge on any atom is -0.480 e. The van der Waals surface area contributed by atoms with Gasteiger partial charge in [0.05, 0.1) is 18.4 Å². The molecule has 3 N–H and O–H groups in total. The Hall–Kier alpha value is -3.14. The van der Waals surface area contributed by atoms with Crippen molar-refractivity contribution in [3.8, 4) is 11.5 Å². The highest BCUT2D eigenvalue weighted by Crippen LogP contribution is 2.36. The van der Waals surface area contributed by atoms with Crippen LogP contribution in [-0.4, -0.2) is 47.4 Å². The van der Waals surface area contributed by atoms with E-state index in [2.05, 4.69) is 0 Å². The molecular formula is C28H43NO9. The molecule has 1 rings (SSSR count). The second kappa shape index (κ2) is 14.7. The average Bonchev–Trinajstić information content (AvgIpc) is 2.87. The van der Waals surface area contributed by atoms with Crippen molar-refractivity contribution < 1.29 is 43.2 Å². The fourth-order valence-corrected chi connectivity index (χ4v) is 3.32. The SMILES string of the molecule is CCC(C)C(=O)Oc1ccc(C(C(C)COC(=O)OC(C)(C)CC)[C@H](N)C(=O)O)cc1OC(=O)C(C)CC. The van der Waals surface area contributed by atoms with E-state index in [1.165, 1.54) is 12.1 Å². The lowest BCUT2D eigenvalue weighted by Gasteiger charge is -2.29. The first kappa shape index (κ1) is 32.9. The Morgan fingerprint density at radius 3 is 1.92 bits per heavy atom. The van der Waals surface area contributed by atoms with Crippen LogP contribution in [0, 0.1) is 17.8 Å². The standard InChI is InChI=1S/C28H43NO9/c1-9-16(4)25(32)36-20-13-12-19(14-21(20)37-26(33)17(5)10-2)22(23(29)24(30)31)18(6)15-35-27(34)38-28(7,8)11-3/h12-14,16-18,22-23H,9-11,15,29H2,1-8H3,(H,30,31)/t16?,17?,18?,22?,23-/m0/s1. The number of hydrogen-bond acceptors (Lipinski definition) is 9. The molecule has 38 heavy (non-hydrogen) atoms. The van der Waals surface area contributed by atoms with Crippen LogP contribution >= 0.6 is 0 Å². The highest BCUT2D eigenvalue weighted by molar-refractivity contribution is 5.79. The molecular weight excluding hydrogens is 494 g/mol. The molecule has 0 aromatic heterocycles. The van der Waals surface area contributed by atoms with Crippen molar-refractivity contribution in [2.45, 2.75) is 92.2 Å². The van der Waals surface area contributed by atoms with Crippen LogP contribution in [0.15, 0.2) is 18.2 Å². The maximum atomic E-state index is 12.6. The zero-order valence-corrected chi connectivity index (χ0v) is 23.7. The predicted octanol–water partition coefficient (Wildman–Crippen LogP) is 5.06. The van der Waals surface area contributed by atoms with Crippen molar-refractivity contribution >= 4 is 24.1 Å². The molecule has 4 unspecified atom stereocenters. The van der Waals surface area contributed by atoms with E-state index in [1.54, 1.807) is 40.7 Å². The number of carboxylic acids is 1. The predicted molar refractivity (Wildman–Crippen MR) is 141 cm³/mol. The summed E-state index contributed by atoms with van der Waals surface area (Å²) < 4.78 is 21.6. The third-order valence-electron chi connectivity index (χ3n) is 6.76. The summed E-state index contributed by atoms with van der Waals surface area (Å²) in [5, 5.41) is 9.69. The minimum absolute atomic E-state index is 0.0238. The Labute approximate surface area is 225 Å². The van der Waals surface area contributed by atoms with E-state index < -0.39 is 53.5 Å². The maximum Gasteiger partial charge on any atom is 0.508 e. The maximum absolute atomic E-state index is 12.6. The molecule has 0 heterocycles. The Kier molecular flexibility index (Phi) is 12.7. The number of ether oxygens (including phenoxy) is 4. The van der Waals surface area contributed by atoms with Crippen LogP contribution in [-0.2, 0) is 23.9 Å². The van der Waals surface area contributed by atoms with Crippen molar-refractivity contribution in [3.63, 3.8) is 0 Å². The van der Waals surface area contributed by atoms with E-state index in [9.17, 15) is 24.3 Å². The smallest absolute Gasteiger partial charge is 0.480 e. The summed E-state index contributed by atoms with van der Waals surface area (Å²) in [4.78, 5) is 49.1. The van der Waals surface area contributed by atoms with Gasteiger partial charge in [-0.15, -0.1) is 0 Å². The minimum atomic E-state index is -1.37. The third-order valence-corrected chi connectivity index (χ3v) is 6.76. The molecule has 1 aromatic carbocycles. The summed E-state index contributed by atoms with van der Waals surface area (Å²) in [6.45, 7) is 14.0. The molecule has 1 aromatic rings. The normalized spacial score (nSPS) is 15.4. The number of esters is 2. The molecule has 10 nitrogen and oxygen atoms in total. The number of carbonyl (C=O) groups excluding carboxylic acids is 3. The zero-order valence-electron chi connectivity index (χ0n) is 23.7. The van der Waals surface area contributed by atoms with Crippen LogP contribution in [0.4, 0.5) is 4.79 Å². The van der Waals surface area contributed by atoms with Crippen molar-refractivity contribution in [2.75, 3.05) is 6.61 Å². The van der Waals surface area contributed by atoms with Gasteiger partial charge in [-0.3, -0.25) is 14.4 Å². The van der Waals surface area contributed by atoms with Gasteiger partial charge in [-0.25, -0.2) is 4.79 Å². The fraction of sp³-hybridized carbons (Fsp3) is 0.643. The Morgan fingerprint density at radius 1 is 0.921 bits per heavy atom. The van der Waals surface area contributed by atoms with Crippen LogP contribution in [0.3, 0.4) is 0 Å². The first-order valence-corrected chi connectivity index (χ1v) is 13.1. The summed E-state index contributed by atoms with van der Waals surface area (Å²) in [6, 6.07) is 3.08. The third kappa shape index (κ3) is 9.63. The summed E-state index contributed by atoms with van der Waals surface area (Å²) in [6.07, 6.45) is 0.800. The molecule has 10 heteroatoms. The largest absolute Gasteiger partial charge is 0.508 e. The summed E-state index contributed by atoms with van der Waals surface area (Å²) >= 11 is 0. The first-order chi connectivity index (χ1) is 17.7. The van der Waals surface area contributed by atoms with E-state index in [1.807, 2.05) is 20.8 Å². The molecule has 0 spiro atoms. The second-order valence-electron chi connectivity index (χ2n) is 10.3. The van der Waals surface area contributed by atoms with Crippen LogP contribution in [0.1, 0.15) is 86.1 Å². The molecule has 0 radical (unpaired) electrons. The number of rotatable bonds is 14. The highest BCUT2D eigenvalue weighted by atomic mass is 16.7. The molecule has 0 fully saturated rings. The van der Waals surface area contributed by atoms with Gasteiger partial charge in [-0.1, -0.05) is 47.6 Å². The van der Waals surface area contributed by atoms with Crippen molar-refractivity contribution in [2.24, 2.45) is 23.5 Å². The molecule has 0 aliphatic heterocycles. The van der Waals surface area contributed by atoms with Gasteiger partial charge in [-0.2, -0.15) is 0 Å². The van der Waals surface area contributed by atoms with E-state index in [-0.39, 0.29) is 24.0 Å². The molecule has 214 valence electrons. The molecule has 0 aliphatic carbocycles. The topological polar surface area (TPSA) is 151 Å². The van der Waals surface area contributed by atoms with E-state index in [4.69, 9.17) is 24.7 Å². The quantitative estimate of drug-likeness (QED) is 0.243. The second-order valence-corrected chi connectivity index (χ2v) is 10.3. The number of carbonyl (C=O) groups is 4. The lowest BCUT2D eigenvalue weighted by molar-refractivity contribution is -0.141. The lowest BCUT2D eigenvalue weighted by atomic mass is 9.82. The Bertz CT molecular complexity index is 975. The fourth-order valence-electron chi connectivity index (χ4n) is 3.32. The van der Waals surface area contributed by atoms with Gasteiger partial charge < -0.3 is 29.8 Å². The van der Waals surface area contributed by atoms with Crippen LogP contribution in [0.2, 0.25) is 0 Å². The molecule has 0 saturated carbocycles. The van der Waals surface area contributed by atoms with Crippen LogP contribution < -0.4 is 15.2 Å². The summed E-state index contributed by atoms with van der Waals surface area (Å²) in [5.74, 6) is -4.48. The molecule has 5 atom stereocenters.